The van der Waals surface area contributed by atoms with Gasteiger partial charge in [0.05, 0.1) is 12.8 Å². The van der Waals surface area contributed by atoms with Crippen molar-refractivity contribution in [1.29, 1.82) is 0 Å². The molecule has 138 valence electrons. The van der Waals surface area contributed by atoms with Crippen molar-refractivity contribution in [2.24, 2.45) is 0 Å². The lowest BCUT2D eigenvalue weighted by molar-refractivity contribution is -0.155. The van der Waals surface area contributed by atoms with E-state index in [1.807, 2.05) is 5.32 Å². The Balaban J connectivity index is 1.86. The molecule has 26 heavy (non-hydrogen) atoms. The van der Waals surface area contributed by atoms with E-state index in [0.717, 1.165) is 24.6 Å². The van der Waals surface area contributed by atoms with Gasteiger partial charge in [0.2, 0.25) is 5.88 Å². The number of fused-ring (bicyclic) bond motifs is 1. The smallest absolute Gasteiger partial charge is 0.412 e. The summed E-state index contributed by atoms with van der Waals surface area (Å²) in [7, 11) is 1.30. The first-order valence-electron chi connectivity index (χ1n) is 7.95. The fourth-order valence-electron chi connectivity index (χ4n) is 2.74. The number of aromatic nitrogens is 2. The monoisotopic (exact) mass is 366 g/mol. The van der Waals surface area contributed by atoms with Gasteiger partial charge in [-0.2, -0.15) is 13.2 Å². The maximum atomic E-state index is 13.5. The van der Waals surface area contributed by atoms with E-state index >= 15 is 0 Å². The van der Waals surface area contributed by atoms with E-state index in [9.17, 15) is 18.0 Å². The lowest BCUT2D eigenvalue weighted by Crippen LogP contribution is -2.38. The van der Waals surface area contributed by atoms with Crippen LogP contribution in [0.3, 0.4) is 0 Å². The zero-order valence-corrected chi connectivity index (χ0v) is 13.9. The number of amides is 1. The van der Waals surface area contributed by atoms with Gasteiger partial charge in [-0.25, -0.2) is 9.97 Å². The van der Waals surface area contributed by atoms with Gasteiger partial charge in [0.1, 0.15) is 5.69 Å². The third kappa shape index (κ3) is 3.93. The van der Waals surface area contributed by atoms with Crippen LogP contribution in [0.1, 0.15) is 33.4 Å². The number of halogens is 3. The average molecular weight is 366 g/mol. The molecule has 2 N–H and O–H groups in total. The summed E-state index contributed by atoms with van der Waals surface area (Å²) in [6, 6.07) is 3.31. The van der Waals surface area contributed by atoms with Crippen LogP contribution in [0.15, 0.2) is 30.5 Å². The van der Waals surface area contributed by atoms with Crippen LogP contribution in [0.25, 0.3) is 0 Å². The van der Waals surface area contributed by atoms with Crippen molar-refractivity contribution >= 4 is 5.91 Å². The molecule has 3 heterocycles. The average Bonchev–Trinajstić information content (AvgIpc) is 2.64. The summed E-state index contributed by atoms with van der Waals surface area (Å²) in [5.74, 6) is -0.861. The van der Waals surface area contributed by atoms with E-state index in [1.54, 1.807) is 6.07 Å². The number of methoxy groups -OCH3 is 1. The number of pyridine rings is 2. The summed E-state index contributed by atoms with van der Waals surface area (Å²) in [4.78, 5) is 20.4. The third-order valence-electron chi connectivity index (χ3n) is 4.07. The van der Waals surface area contributed by atoms with Crippen molar-refractivity contribution in [1.82, 2.24) is 20.6 Å². The van der Waals surface area contributed by atoms with E-state index < -0.39 is 18.1 Å². The molecule has 0 aliphatic carbocycles. The SMILES string of the molecule is COc1cc(C(NC(=O)c2ccc3c(n2)CNCC3)C(F)(F)F)ccn1. The Kier molecular flexibility index (Phi) is 5.08. The fraction of sp³-hybridized carbons (Fsp3) is 0.353. The minimum Gasteiger partial charge on any atom is -0.481 e. The lowest BCUT2D eigenvalue weighted by Gasteiger charge is -2.22. The van der Waals surface area contributed by atoms with Crippen molar-refractivity contribution in [2.75, 3.05) is 13.7 Å². The van der Waals surface area contributed by atoms with Gasteiger partial charge in [0.15, 0.2) is 6.04 Å². The highest BCUT2D eigenvalue weighted by atomic mass is 19.4. The predicted molar refractivity (Wildman–Crippen MR) is 86.7 cm³/mol. The van der Waals surface area contributed by atoms with Crippen LogP contribution in [-0.2, 0) is 13.0 Å². The molecule has 1 atom stereocenters. The van der Waals surface area contributed by atoms with Crippen LogP contribution in [0.4, 0.5) is 13.2 Å². The van der Waals surface area contributed by atoms with Crippen LogP contribution < -0.4 is 15.4 Å². The zero-order valence-electron chi connectivity index (χ0n) is 13.9. The van der Waals surface area contributed by atoms with Crippen LogP contribution in [0.2, 0.25) is 0 Å². The number of ether oxygens (including phenoxy) is 1. The van der Waals surface area contributed by atoms with Gasteiger partial charge in [-0.1, -0.05) is 6.07 Å². The molecule has 1 amide bonds. The molecule has 6 nitrogen and oxygen atoms in total. The normalized spacial score (nSPS) is 15.1. The van der Waals surface area contributed by atoms with Gasteiger partial charge < -0.3 is 15.4 Å². The van der Waals surface area contributed by atoms with Crippen molar-refractivity contribution in [3.63, 3.8) is 0 Å². The molecule has 9 heteroatoms. The summed E-state index contributed by atoms with van der Waals surface area (Å²) in [5, 5.41) is 5.13. The summed E-state index contributed by atoms with van der Waals surface area (Å²) < 4.78 is 45.3. The minimum absolute atomic E-state index is 0.0315. The van der Waals surface area contributed by atoms with Gasteiger partial charge in [0, 0.05) is 18.8 Å². The summed E-state index contributed by atoms with van der Waals surface area (Å²) in [5.41, 5.74) is 1.45. The van der Waals surface area contributed by atoms with Gasteiger partial charge in [0.25, 0.3) is 5.91 Å². The van der Waals surface area contributed by atoms with Crippen molar-refractivity contribution in [3.05, 3.63) is 53.0 Å². The van der Waals surface area contributed by atoms with Crippen molar-refractivity contribution in [2.45, 2.75) is 25.2 Å². The molecular weight excluding hydrogens is 349 g/mol. The Morgan fingerprint density at radius 3 is 2.88 bits per heavy atom. The molecule has 0 radical (unpaired) electrons. The quantitative estimate of drug-likeness (QED) is 0.867. The Labute approximate surface area is 147 Å². The van der Waals surface area contributed by atoms with E-state index in [2.05, 4.69) is 15.3 Å². The van der Waals surface area contributed by atoms with Crippen LogP contribution >= 0.6 is 0 Å². The highest BCUT2D eigenvalue weighted by molar-refractivity contribution is 5.92. The van der Waals surface area contributed by atoms with Crippen LogP contribution in [0, 0.1) is 0 Å². The summed E-state index contributed by atoms with van der Waals surface area (Å²) >= 11 is 0. The van der Waals surface area contributed by atoms with Gasteiger partial charge in [-0.3, -0.25) is 4.79 Å². The van der Waals surface area contributed by atoms with Crippen molar-refractivity contribution < 1.29 is 22.7 Å². The molecule has 3 rings (SSSR count). The predicted octanol–water partition coefficient (Wildman–Crippen LogP) is 2.16. The van der Waals surface area contributed by atoms with Crippen LogP contribution in [0.5, 0.6) is 5.88 Å². The minimum atomic E-state index is -4.68. The maximum absolute atomic E-state index is 13.5. The van der Waals surface area contributed by atoms with Gasteiger partial charge in [-0.05, 0) is 36.2 Å². The zero-order chi connectivity index (χ0) is 18.7. The Hall–Kier alpha value is -2.68. The molecule has 1 aliphatic heterocycles. The maximum Gasteiger partial charge on any atom is 0.412 e. The fourth-order valence-corrected chi connectivity index (χ4v) is 2.74. The number of alkyl halides is 3. The first-order chi connectivity index (χ1) is 12.4. The van der Waals surface area contributed by atoms with Crippen LogP contribution in [-0.4, -0.2) is 35.7 Å². The first kappa shape index (κ1) is 18.1. The first-order valence-corrected chi connectivity index (χ1v) is 7.95. The molecular formula is C17H17F3N4O2. The molecule has 1 aliphatic rings. The number of carbonyl (C=O) groups excluding carboxylic acids is 1. The van der Waals surface area contributed by atoms with Crippen molar-refractivity contribution in [3.8, 4) is 5.88 Å². The summed E-state index contributed by atoms with van der Waals surface area (Å²) in [6.07, 6.45) is -2.72. The lowest BCUT2D eigenvalue weighted by atomic mass is 10.1. The number of carbonyl (C=O) groups is 1. The Bertz CT molecular complexity index is 811. The number of hydrogen-bond donors (Lipinski definition) is 2. The highest BCUT2D eigenvalue weighted by Crippen LogP contribution is 2.33. The molecule has 1 unspecified atom stereocenters. The highest BCUT2D eigenvalue weighted by Gasteiger charge is 2.42. The molecule has 2 aromatic heterocycles. The molecule has 0 bridgehead atoms. The van der Waals surface area contributed by atoms with E-state index in [4.69, 9.17) is 4.74 Å². The molecule has 2 aromatic rings. The van der Waals surface area contributed by atoms with E-state index in [1.165, 1.54) is 25.4 Å². The second-order valence-corrected chi connectivity index (χ2v) is 5.81. The summed E-state index contributed by atoms with van der Waals surface area (Å²) in [6.45, 7) is 1.29. The standard InChI is InChI=1S/C17H17F3N4O2/c1-26-14-8-11(5-7-22-14)15(17(18,19)20)24-16(25)12-3-2-10-4-6-21-9-13(10)23-12/h2-3,5,7-8,15,21H,4,6,9H2,1H3,(H,24,25). The second kappa shape index (κ2) is 7.28. The van der Waals surface area contributed by atoms with Gasteiger partial charge in [-0.15, -0.1) is 0 Å². The molecule has 0 spiro atoms. The molecule has 0 saturated heterocycles. The number of rotatable bonds is 4. The molecule has 0 aromatic carbocycles. The Morgan fingerprint density at radius 1 is 1.35 bits per heavy atom. The third-order valence-corrected chi connectivity index (χ3v) is 4.07. The number of nitrogens with one attached hydrogen (secondary N) is 2. The number of nitrogens with zero attached hydrogens (tertiary/aromatic N) is 2. The topological polar surface area (TPSA) is 76.1 Å². The number of hydrogen-bond acceptors (Lipinski definition) is 5. The van der Waals surface area contributed by atoms with E-state index in [0.29, 0.717) is 12.2 Å². The second-order valence-electron chi connectivity index (χ2n) is 5.81. The molecule has 0 saturated carbocycles. The van der Waals surface area contributed by atoms with Gasteiger partial charge >= 0.3 is 6.18 Å². The molecule has 0 fully saturated rings. The largest absolute Gasteiger partial charge is 0.481 e. The Morgan fingerprint density at radius 2 is 2.15 bits per heavy atom. The van der Waals surface area contributed by atoms with E-state index in [-0.39, 0.29) is 17.1 Å².